The van der Waals surface area contributed by atoms with Crippen molar-refractivity contribution in [1.29, 1.82) is 0 Å². The second kappa shape index (κ2) is 5.52. The van der Waals surface area contributed by atoms with Gasteiger partial charge in [0.2, 0.25) is 5.69 Å². The molecule has 23 heavy (non-hydrogen) atoms. The Morgan fingerprint density at radius 1 is 1.43 bits per heavy atom. The fraction of sp³-hybridized carbons (Fsp3) is 0.214. The summed E-state index contributed by atoms with van der Waals surface area (Å²) in [5.74, 6) is 0.0302. The number of H-pyrrole nitrogens is 1. The molecule has 0 aliphatic rings. The van der Waals surface area contributed by atoms with E-state index in [1.807, 2.05) is 35.9 Å². The number of nitro groups is 1. The molecular formula is C14H14N6O3. The van der Waals surface area contributed by atoms with Crippen LogP contribution in [0.2, 0.25) is 0 Å². The van der Waals surface area contributed by atoms with E-state index in [-0.39, 0.29) is 23.6 Å². The molecule has 2 heterocycles. The lowest BCUT2D eigenvalue weighted by Crippen LogP contribution is -2.25. The second-order valence-electron chi connectivity index (χ2n) is 5.06. The summed E-state index contributed by atoms with van der Waals surface area (Å²) in [7, 11) is 1.85. The summed E-state index contributed by atoms with van der Waals surface area (Å²) in [6.07, 6.45) is 0. The molecule has 0 spiro atoms. The van der Waals surface area contributed by atoms with Gasteiger partial charge >= 0.3 is 5.69 Å². The topological polar surface area (TPSA) is 119 Å². The number of amides is 1. The minimum atomic E-state index is -0.622. The number of para-hydroxylation sites is 2. The zero-order chi connectivity index (χ0) is 16.6. The number of carbonyl (C=O) groups is 1. The predicted octanol–water partition coefficient (Wildman–Crippen LogP) is 1.44. The summed E-state index contributed by atoms with van der Waals surface area (Å²) in [4.78, 5) is 27.0. The molecule has 0 saturated carbocycles. The van der Waals surface area contributed by atoms with Crippen molar-refractivity contribution in [2.45, 2.75) is 13.5 Å². The summed E-state index contributed by atoms with van der Waals surface area (Å²) >= 11 is 0. The molecule has 2 N–H and O–H groups in total. The highest BCUT2D eigenvalue weighted by Crippen LogP contribution is 2.20. The molecule has 0 aliphatic carbocycles. The van der Waals surface area contributed by atoms with Crippen molar-refractivity contribution in [3.05, 3.63) is 51.6 Å². The van der Waals surface area contributed by atoms with Crippen molar-refractivity contribution in [2.24, 2.45) is 7.05 Å². The SMILES string of the molecule is Cc1[nH]nc(C(=O)NCc2nc3ccccc3n2C)c1[N+](=O)[O-]. The van der Waals surface area contributed by atoms with Crippen LogP contribution < -0.4 is 5.32 Å². The van der Waals surface area contributed by atoms with Gasteiger partial charge in [0.15, 0.2) is 0 Å². The molecule has 0 saturated heterocycles. The van der Waals surface area contributed by atoms with Gasteiger partial charge in [-0.25, -0.2) is 4.98 Å². The number of aryl methyl sites for hydroxylation is 2. The second-order valence-corrected chi connectivity index (χ2v) is 5.06. The molecule has 118 valence electrons. The Bertz CT molecular complexity index is 911. The Morgan fingerprint density at radius 2 is 2.17 bits per heavy atom. The standard InChI is InChI=1S/C14H14N6O3/c1-8-13(20(22)23)12(18-17-8)14(21)15-7-11-16-9-5-3-4-6-10(9)19(11)2/h3-6H,7H2,1-2H3,(H,15,21)(H,17,18). The van der Waals surface area contributed by atoms with Crippen molar-refractivity contribution in [3.8, 4) is 0 Å². The van der Waals surface area contributed by atoms with Crippen LogP contribution in [0.5, 0.6) is 0 Å². The Hall–Kier alpha value is -3.23. The monoisotopic (exact) mass is 314 g/mol. The maximum absolute atomic E-state index is 12.1. The van der Waals surface area contributed by atoms with E-state index in [2.05, 4.69) is 20.5 Å². The Labute approximate surface area is 130 Å². The highest BCUT2D eigenvalue weighted by molar-refractivity contribution is 5.96. The van der Waals surface area contributed by atoms with Crippen molar-refractivity contribution in [1.82, 2.24) is 25.1 Å². The van der Waals surface area contributed by atoms with Crippen LogP contribution in [-0.4, -0.2) is 30.6 Å². The van der Waals surface area contributed by atoms with E-state index in [9.17, 15) is 14.9 Å². The number of aromatic nitrogens is 4. The zero-order valence-electron chi connectivity index (χ0n) is 12.5. The van der Waals surface area contributed by atoms with E-state index >= 15 is 0 Å². The fourth-order valence-electron chi connectivity index (χ4n) is 2.40. The first-order valence-electron chi connectivity index (χ1n) is 6.87. The molecule has 3 aromatic rings. The number of rotatable bonds is 4. The number of fused-ring (bicyclic) bond motifs is 1. The van der Waals surface area contributed by atoms with Crippen LogP contribution in [0, 0.1) is 17.0 Å². The first kappa shape index (κ1) is 14.7. The van der Waals surface area contributed by atoms with Crippen LogP contribution in [0.1, 0.15) is 22.0 Å². The summed E-state index contributed by atoms with van der Waals surface area (Å²) in [5.41, 5.74) is 1.46. The molecule has 0 aliphatic heterocycles. The predicted molar refractivity (Wildman–Crippen MR) is 81.9 cm³/mol. The molecular weight excluding hydrogens is 300 g/mol. The maximum Gasteiger partial charge on any atom is 0.322 e. The third-order valence-corrected chi connectivity index (χ3v) is 3.60. The largest absolute Gasteiger partial charge is 0.343 e. The molecule has 0 bridgehead atoms. The van der Waals surface area contributed by atoms with Crippen LogP contribution in [0.15, 0.2) is 24.3 Å². The molecule has 1 amide bonds. The van der Waals surface area contributed by atoms with Gasteiger partial charge in [-0.1, -0.05) is 12.1 Å². The van der Waals surface area contributed by atoms with Gasteiger partial charge in [-0.2, -0.15) is 5.10 Å². The first-order chi connectivity index (χ1) is 11.0. The quantitative estimate of drug-likeness (QED) is 0.558. The lowest BCUT2D eigenvalue weighted by atomic mass is 10.3. The molecule has 0 fully saturated rings. The van der Waals surface area contributed by atoms with E-state index in [0.29, 0.717) is 5.82 Å². The molecule has 9 nitrogen and oxygen atoms in total. The van der Waals surface area contributed by atoms with Gasteiger partial charge in [0.25, 0.3) is 5.91 Å². The van der Waals surface area contributed by atoms with Crippen molar-refractivity contribution >= 4 is 22.6 Å². The lowest BCUT2D eigenvalue weighted by Gasteiger charge is -2.04. The Kier molecular flexibility index (Phi) is 3.53. The van der Waals surface area contributed by atoms with Crippen LogP contribution >= 0.6 is 0 Å². The number of carbonyl (C=O) groups excluding carboxylic acids is 1. The fourth-order valence-corrected chi connectivity index (χ4v) is 2.40. The van der Waals surface area contributed by atoms with E-state index in [1.54, 1.807) is 0 Å². The van der Waals surface area contributed by atoms with Crippen molar-refractivity contribution in [2.75, 3.05) is 0 Å². The van der Waals surface area contributed by atoms with E-state index < -0.39 is 10.8 Å². The third kappa shape index (κ3) is 2.52. The molecule has 2 aromatic heterocycles. The smallest absolute Gasteiger partial charge is 0.322 e. The highest BCUT2D eigenvalue weighted by atomic mass is 16.6. The maximum atomic E-state index is 12.1. The van der Waals surface area contributed by atoms with Crippen molar-refractivity contribution in [3.63, 3.8) is 0 Å². The minimum Gasteiger partial charge on any atom is -0.343 e. The number of nitrogens with zero attached hydrogens (tertiary/aromatic N) is 4. The number of aromatic amines is 1. The van der Waals surface area contributed by atoms with Gasteiger partial charge in [0.05, 0.1) is 22.5 Å². The van der Waals surface area contributed by atoms with Gasteiger partial charge in [0.1, 0.15) is 11.5 Å². The van der Waals surface area contributed by atoms with Crippen LogP contribution in [0.4, 0.5) is 5.69 Å². The summed E-state index contributed by atoms with van der Waals surface area (Å²) in [5, 5.41) is 19.8. The molecule has 3 rings (SSSR count). The first-order valence-corrected chi connectivity index (χ1v) is 6.87. The highest BCUT2D eigenvalue weighted by Gasteiger charge is 2.27. The Balaban J connectivity index is 1.81. The summed E-state index contributed by atoms with van der Waals surface area (Å²) < 4.78 is 1.86. The van der Waals surface area contributed by atoms with Gasteiger partial charge in [-0.05, 0) is 19.1 Å². The minimum absolute atomic E-state index is 0.146. The van der Waals surface area contributed by atoms with Crippen LogP contribution in [0.25, 0.3) is 11.0 Å². The van der Waals surface area contributed by atoms with Gasteiger partial charge in [-0.3, -0.25) is 20.0 Å². The number of benzene rings is 1. The molecule has 0 unspecified atom stereocenters. The van der Waals surface area contributed by atoms with Gasteiger partial charge in [0, 0.05) is 7.05 Å². The van der Waals surface area contributed by atoms with Gasteiger partial charge < -0.3 is 9.88 Å². The van der Waals surface area contributed by atoms with Gasteiger partial charge in [-0.15, -0.1) is 0 Å². The summed E-state index contributed by atoms with van der Waals surface area (Å²) in [6.45, 7) is 1.64. The molecule has 9 heteroatoms. The van der Waals surface area contributed by atoms with Crippen molar-refractivity contribution < 1.29 is 9.72 Å². The van der Waals surface area contributed by atoms with Crippen LogP contribution in [0.3, 0.4) is 0 Å². The number of nitrogens with one attached hydrogen (secondary N) is 2. The number of imidazole rings is 1. The van der Waals surface area contributed by atoms with E-state index in [1.165, 1.54) is 6.92 Å². The van der Waals surface area contributed by atoms with Crippen LogP contribution in [-0.2, 0) is 13.6 Å². The number of hydrogen-bond donors (Lipinski definition) is 2. The van der Waals surface area contributed by atoms with E-state index in [4.69, 9.17) is 0 Å². The average Bonchev–Trinajstić information content (AvgIpc) is 3.06. The third-order valence-electron chi connectivity index (χ3n) is 3.60. The summed E-state index contributed by atoms with van der Waals surface area (Å²) in [6, 6.07) is 7.59. The molecule has 0 radical (unpaired) electrons. The average molecular weight is 314 g/mol. The van der Waals surface area contributed by atoms with E-state index in [0.717, 1.165) is 11.0 Å². The Morgan fingerprint density at radius 3 is 2.87 bits per heavy atom. The normalized spacial score (nSPS) is 10.9. The zero-order valence-corrected chi connectivity index (χ0v) is 12.5. The lowest BCUT2D eigenvalue weighted by molar-refractivity contribution is -0.385. The number of hydrogen-bond acceptors (Lipinski definition) is 5. The molecule has 1 aromatic carbocycles. The molecule has 0 atom stereocenters.